The minimum atomic E-state index is -0.916. The maximum Gasteiger partial charge on any atom is 0.251 e. The number of aliphatic hydroxyl groups is 1. The molecule has 0 saturated carbocycles. The largest absolute Gasteiger partial charge is 0.493 e. The van der Waals surface area contributed by atoms with E-state index < -0.39 is 17.7 Å². The van der Waals surface area contributed by atoms with E-state index in [0.29, 0.717) is 87.9 Å². The normalized spacial score (nSPS) is 21.1. The van der Waals surface area contributed by atoms with Gasteiger partial charge in [0.2, 0.25) is 11.8 Å². The molecule has 5 rings (SSSR count). The number of piperazine rings is 1. The number of carbonyl (C=O) groups excluding carboxylic acids is 3. The number of methoxy groups -OCH3 is 1. The summed E-state index contributed by atoms with van der Waals surface area (Å²) in [6, 6.07) is 12.1. The van der Waals surface area contributed by atoms with Gasteiger partial charge < -0.3 is 34.9 Å². The summed E-state index contributed by atoms with van der Waals surface area (Å²) < 4.78 is 17.0. The molecule has 3 aliphatic rings. The van der Waals surface area contributed by atoms with E-state index in [2.05, 4.69) is 22.5 Å². The van der Waals surface area contributed by atoms with Crippen LogP contribution in [0.4, 0.5) is 0 Å². The van der Waals surface area contributed by atoms with E-state index >= 15 is 0 Å². The van der Waals surface area contributed by atoms with Gasteiger partial charge in [-0.1, -0.05) is 25.5 Å². The molecule has 0 aromatic heterocycles. The van der Waals surface area contributed by atoms with E-state index in [1.807, 2.05) is 38.1 Å². The summed E-state index contributed by atoms with van der Waals surface area (Å²) >= 11 is 0. The van der Waals surface area contributed by atoms with Crippen molar-refractivity contribution in [2.75, 3.05) is 40.0 Å². The molecule has 2 aromatic carbocycles. The minimum absolute atomic E-state index is 0.0282. The third-order valence-corrected chi connectivity index (χ3v) is 9.67. The Kier molecular flexibility index (Phi) is 11.4. The quantitative estimate of drug-likeness (QED) is 0.316. The predicted octanol–water partition coefficient (Wildman–Crippen LogP) is 3.87. The topological polar surface area (TPSA) is 130 Å². The van der Waals surface area contributed by atoms with Crippen LogP contribution in [0.5, 0.6) is 17.2 Å². The molecule has 0 aliphatic carbocycles. The number of ether oxygens (including phenoxy) is 3. The van der Waals surface area contributed by atoms with Gasteiger partial charge in [0.1, 0.15) is 17.3 Å². The molecule has 0 radical (unpaired) electrons. The maximum atomic E-state index is 13.9. The van der Waals surface area contributed by atoms with Crippen LogP contribution in [0, 0.1) is 5.92 Å². The number of hydrogen-bond acceptors (Lipinski definition) is 8. The third kappa shape index (κ3) is 7.90. The maximum absolute atomic E-state index is 13.9. The Labute approximate surface area is 277 Å². The number of unbranched alkanes of at least 4 members (excludes halogenated alkanes) is 1. The van der Waals surface area contributed by atoms with Gasteiger partial charge in [-0.2, -0.15) is 0 Å². The van der Waals surface area contributed by atoms with Gasteiger partial charge in [-0.15, -0.1) is 0 Å². The molecule has 1 spiro atoms. The van der Waals surface area contributed by atoms with Gasteiger partial charge in [0.15, 0.2) is 11.5 Å². The molecule has 3 heterocycles. The molecule has 3 N–H and O–H groups in total. The zero-order valence-corrected chi connectivity index (χ0v) is 28.1. The Morgan fingerprint density at radius 2 is 1.79 bits per heavy atom. The SMILES string of the molecule is CCCCN1C(=O)[C@@H](C(O)C2CCOCC2)NC(=O)C12CCN(Cc1ccc(Oc3ccc(C(=O)NC(C)C)cc3OC)cc1)CC2. The van der Waals surface area contributed by atoms with E-state index in [1.54, 1.807) is 30.2 Å². The average Bonchev–Trinajstić information content (AvgIpc) is 3.08. The summed E-state index contributed by atoms with van der Waals surface area (Å²) in [5, 5.41) is 17.0. The van der Waals surface area contributed by atoms with Crippen molar-refractivity contribution in [3.8, 4) is 17.2 Å². The zero-order valence-electron chi connectivity index (χ0n) is 28.1. The molecule has 256 valence electrons. The fourth-order valence-corrected chi connectivity index (χ4v) is 6.90. The molecular weight excluding hydrogens is 600 g/mol. The van der Waals surface area contributed by atoms with Crippen molar-refractivity contribution in [1.29, 1.82) is 0 Å². The summed E-state index contributed by atoms with van der Waals surface area (Å²) in [6.07, 6.45) is 3.25. The molecule has 11 nitrogen and oxygen atoms in total. The lowest BCUT2D eigenvalue weighted by molar-refractivity contribution is -0.166. The minimum Gasteiger partial charge on any atom is -0.493 e. The molecular formula is C36H50N4O7. The first-order valence-corrected chi connectivity index (χ1v) is 17.0. The summed E-state index contributed by atoms with van der Waals surface area (Å²) in [7, 11) is 1.54. The van der Waals surface area contributed by atoms with Crippen molar-refractivity contribution < 1.29 is 33.7 Å². The Morgan fingerprint density at radius 1 is 1.09 bits per heavy atom. The Bertz CT molecular complexity index is 1380. The lowest BCUT2D eigenvalue weighted by atomic mass is 9.79. The Morgan fingerprint density at radius 3 is 2.43 bits per heavy atom. The van der Waals surface area contributed by atoms with Crippen molar-refractivity contribution in [2.45, 2.75) is 89.6 Å². The number of nitrogens with zero attached hydrogens (tertiary/aromatic N) is 2. The van der Waals surface area contributed by atoms with E-state index in [-0.39, 0.29) is 29.7 Å². The first kappa shape index (κ1) is 34.7. The van der Waals surface area contributed by atoms with Crippen LogP contribution in [0.15, 0.2) is 42.5 Å². The van der Waals surface area contributed by atoms with E-state index in [4.69, 9.17) is 14.2 Å². The van der Waals surface area contributed by atoms with Crippen LogP contribution in [0.1, 0.15) is 75.2 Å². The van der Waals surface area contributed by atoms with Crippen LogP contribution in [0.3, 0.4) is 0 Å². The molecule has 3 fully saturated rings. The van der Waals surface area contributed by atoms with Crippen LogP contribution in [-0.2, 0) is 20.9 Å². The Hall–Kier alpha value is -3.67. The number of rotatable bonds is 12. The molecule has 1 unspecified atom stereocenters. The van der Waals surface area contributed by atoms with Gasteiger partial charge in [0.25, 0.3) is 5.91 Å². The van der Waals surface area contributed by atoms with Gasteiger partial charge in [-0.3, -0.25) is 19.3 Å². The molecule has 2 atom stereocenters. The number of benzene rings is 2. The van der Waals surface area contributed by atoms with Gasteiger partial charge in [0, 0.05) is 51.0 Å². The smallest absolute Gasteiger partial charge is 0.251 e. The highest BCUT2D eigenvalue weighted by Crippen LogP contribution is 2.36. The highest BCUT2D eigenvalue weighted by atomic mass is 16.5. The highest BCUT2D eigenvalue weighted by molar-refractivity contribution is 6.00. The standard InChI is InChI=1S/C36H50N4O7/c1-5-6-17-40-34(43)31(32(41)26-13-20-46-21-14-26)38-35(44)36(40)15-18-39(19-16-36)23-25-7-10-28(11-8-25)47-29-12-9-27(22-30(29)45-4)33(42)37-24(2)3/h7-12,22,24,26,31-32,41H,5-6,13-21,23H2,1-4H3,(H,37,42)(H,38,44)/t31-,32?/m1/s1. The lowest BCUT2D eigenvalue weighted by Crippen LogP contribution is -2.75. The van der Waals surface area contributed by atoms with Gasteiger partial charge in [-0.05, 0) is 87.8 Å². The average molecular weight is 651 g/mol. The van der Waals surface area contributed by atoms with Crippen molar-refractivity contribution in [1.82, 2.24) is 20.4 Å². The summed E-state index contributed by atoms with van der Waals surface area (Å²) in [4.78, 5) is 44.1. The van der Waals surface area contributed by atoms with Crippen molar-refractivity contribution in [2.24, 2.45) is 5.92 Å². The zero-order chi connectivity index (χ0) is 33.6. The Balaban J connectivity index is 1.20. The fourth-order valence-electron chi connectivity index (χ4n) is 6.90. The summed E-state index contributed by atoms with van der Waals surface area (Å²) in [5.41, 5.74) is 0.710. The van der Waals surface area contributed by atoms with Gasteiger partial charge in [-0.25, -0.2) is 0 Å². The molecule has 47 heavy (non-hydrogen) atoms. The second kappa shape index (κ2) is 15.5. The second-order valence-corrected chi connectivity index (χ2v) is 13.3. The predicted molar refractivity (Wildman–Crippen MR) is 177 cm³/mol. The fraction of sp³-hybridized carbons (Fsp3) is 0.583. The molecule has 11 heteroatoms. The lowest BCUT2D eigenvalue weighted by Gasteiger charge is -2.52. The number of aliphatic hydroxyl groups excluding tert-OH is 1. The summed E-state index contributed by atoms with van der Waals surface area (Å²) in [6.45, 7) is 9.58. The third-order valence-electron chi connectivity index (χ3n) is 9.67. The van der Waals surface area contributed by atoms with Crippen molar-refractivity contribution in [3.05, 3.63) is 53.6 Å². The first-order valence-electron chi connectivity index (χ1n) is 17.0. The van der Waals surface area contributed by atoms with Gasteiger partial charge in [0.05, 0.1) is 13.2 Å². The number of amides is 3. The summed E-state index contributed by atoms with van der Waals surface area (Å²) in [5.74, 6) is 1.08. The van der Waals surface area contributed by atoms with Crippen LogP contribution >= 0.6 is 0 Å². The molecule has 3 saturated heterocycles. The van der Waals surface area contributed by atoms with E-state index in [1.165, 1.54) is 0 Å². The first-order chi connectivity index (χ1) is 22.6. The molecule has 2 aromatic rings. The second-order valence-electron chi connectivity index (χ2n) is 13.3. The van der Waals surface area contributed by atoms with E-state index in [9.17, 15) is 19.5 Å². The number of hydrogen-bond donors (Lipinski definition) is 3. The highest BCUT2D eigenvalue weighted by Gasteiger charge is 2.55. The van der Waals surface area contributed by atoms with Crippen LogP contribution in [0.25, 0.3) is 0 Å². The van der Waals surface area contributed by atoms with Crippen molar-refractivity contribution >= 4 is 17.7 Å². The number of carbonyl (C=O) groups is 3. The van der Waals surface area contributed by atoms with E-state index in [0.717, 1.165) is 18.4 Å². The van der Waals surface area contributed by atoms with Crippen LogP contribution in [-0.4, -0.2) is 96.3 Å². The molecule has 0 bridgehead atoms. The van der Waals surface area contributed by atoms with Crippen LogP contribution < -0.4 is 20.1 Å². The van der Waals surface area contributed by atoms with Gasteiger partial charge >= 0.3 is 0 Å². The number of likely N-dealkylation sites (tertiary alicyclic amines) is 1. The number of nitrogens with one attached hydrogen (secondary N) is 2. The van der Waals surface area contributed by atoms with Crippen LogP contribution in [0.2, 0.25) is 0 Å². The molecule has 3 aliphatic heterocycles. The monoisotopic (exact) mass is 650 g/mol. The molecule has 3 amide bonds. The van der Waals surface area contributed by atoms with Crippen molar-refractivity contribution in [3.63, 3.8) is 0 Å². The number of piperidine rings is 1.